The largest absolute Gasteiger partial charge is 0.481 e. The third-order valence-corrected chi connectivity index (χ3v) is 2.07. The standard InChI is InChI=1S/C10H5F5N2O2/c11-9(12)6-1-4(2-7(18)19)5(3-16)8(17-6)10(13,14)15/h1,9H,2H2,(H,18,19). The number of alkyl halides is 5. The maximum atomic E-state index is 12.6. The number of aromatic nitrogens is 1. The normalized spacial score (nSPS) is 11.4. The molecule has 1 heterocycles. The number of carbonyl (C=O) groups is 1. The van der Waals surface area contributed by atoms with E-state index in [2.05, 4.69) is 4.98 Å². The number of nitriles is 1. The van der Waals surface area contributed by atoms with E-state index in [9.17, 15) is 26.7 Å². The molecule has 9 heteroatoms. The summed E-state index contributed by atoms with van der Waals surface area (Å²) in [4.78, 5) is 13.2. The second-order valence-corrected chi connectivity index (χ2v) is 3.41. The van der Waals surface area contributed by atoms with E-state index in [1.165, 1.54) is 0 Å². The number of rotatable bonds is 3. The van der Waals surface area contributed by atoms with Gasteiger partial charge in [-0.1, -0.05) is 0 Å². The van der Waals surface area contributed by atoms with Gasteiger partial charge in [-0.2, -0.15) is 18.4 Å². The van der Waals surface area contributed by atoms with Crippen molar-refractivity contribution >= 4 is 5.97 Å². The summed E-state index contributed by atoms with van der Waals surface area (Å²) >= 11 is 0. The third kappa shape index (κ3) is 3.37. The SMILES string of the molecule is N#Cc1c(CC(=O)O)cc(C(F)F)nc1C(F)(F)F. The summed E-state index contributed by atoms with van der Waals surface area (Å²) in [5.41, 5.74) is -4.72. The van der Waals surface area contributed by atoms with Gasteiger partial charge in [0.05, 0.1) is 12.0 Å². The number of nitrogens with zero attached hydrogens (tertiary/aromatic N) is 2. The molecule has 0 atom stereocenters. The highest BCUT2D eigenvalue weighted by Gasteiger charge is 2.38. The van der Waals surface area contributed by atoms with Gasteiger partial charge in [0.15, 0.2) is 5.69 Å². The van der Waals surface area contributed by atoms with Crippen LogP contribution < -0.4 is 0 Å². The lowest BCUT2D eigenvalue weighted by atomic mass is 10.0. The van der Waals surface area contributed by atoms with E-state index in [-0.39, 0.29) is 0 Å². The van der Waals surface area contributed by atoms with Crippen LogP contribution in [0.4, 0.5) is 22.0 Å². The van der Waals surface area contributed by atoms with Crippen LogP contribution in [0.3, 0.4) is 0 Å². The molecule has 0 unspecified atom stereocenters. The summed E-state index contributed by atoms with van der Waals surface area (Å²) in [5, 5.41) is 17.1. The number of hydrogen-bond acceptors (Lipinski definition) is 3. The lowest BCUT2D eigenvalue weighted by molar-refractivity contribution is -0.142. The Hall–Kier alpha value is -2.24. The predicted molar refractivity (Wildman–Crippen MR) is 50.3 cm³/mol. The Morgan fingerprint density at radius 3 is 2.42 bits per heavy atom. The molecule has 0 radical (unpaired) electrons. The number of pyridine rings is 1. The summed E-state index contributed by atoms with van der Waals surface area (Å²) in [6.07, 6.45) is -9.40. The molecule has 4 nitrogen and oxygen atoms in total. The molecule has 1 aromatic heterocycles. The predicted octanol–water partition coefficient (Wildman–Crippen LogP) is 2.54. The van der Waals surface area contributed by atoms with Crippen molar-refractivity contribution in [3.63, 3.8) is 0 Å². The van der Waals surface area contributed by atoms with Gasteiger partial charge in [0.2, 0.25) is 0 Å². The van der Waals surface area contributed by atoms with Crippen LogP contribution >= 0.6 is 0 Å². The van der Waals surface area contributed by atoms with Crippen molar-refractivity contribution < 1.29 is 31.9 Å². The lowest BCUT2D eigenvalue weighted by Crippen LogP contribution is -2.16. The van der Waals surface area contributed by atoms with Crippen molar-refractivity contribution in [3.05, 3.63) is 28.6 Å². The quantitative estimate of drug-likeness (QED) is 0.863. The fourth-order valence-corrected chi connectivity index (χ4v) is 1.36. The second-order valence-electron chi connectivity index (χ2n) is 3.41. The zero-order chi connectivity index (χ0) is 14.8. The molecule has 0 aliphatic rings. The lowest BCUT2D eigenvalue weighted by Gasteiger charge is -2.12. The van der Waals surface area contributed by atoms with Crippen LogP contribution in [-0.4, -0.2) is 16.1 Å². The van der Waals surface area contributed by atoms with Crippen LogP contribution in [-0.2, 0) is 17.4 Å². The van der Waals surface area contributed by atoms with E-state index in [1.54, 1.807) is 0 Å². The molecule has 0 saturated heterocycles. The molecule has 0 aliphatic heterocycles. The first-order valence-electron chi connectivity index (χ1n) is 4.68. The number of carboxylic acids is 1. The molecule has 0 fully saturated rings. The van der Waals surface area contributed by atoms with Crippen molar-refractivity contribution in [2.45, 2.75) is 19.0 Å². The highest BCUT2D eigenvalue weighted by atomic mass is 19.4. The van der Waals surface area contributed by atoms with Gasteiger partial charge in [-0.15, -0.1) is 0 Å². The summed E-state index contributed by atoms with van der Waals surface area (Å²) in [6.45, 7) is 0. The zero-order valence-corrected chi connectivity index (χ0v) is 9.00. The smallest absolute Gasteiger partial charge is 0.434 e. The third-order valence-electron chi connectivity index (χ3n) is 2.07. The molecule has 1 aromatic rings. The number of aliphatic carboxylic acids is 1. The maximum Gasteiger partial charge on any atom is 0.434 e. The minimum atomic E-state index is -5.12. The minimum absolute atomic E-state index is 0.493. The fraction of sp³-hybridized carbons (Fsp3) is 0.300. The average Bonchev–Trinajstić information content (AvgIpc) is 2.25. The number of carboxylic acid groups (broad SMARTS) is 1. The van der Waals surface area contributed by atoms with Crippen molar-refractivity contribution in [1.29, 1.82) is 5.26 Å². The van der Waals surface area contributed by atoms with Gasteiger partial charge in [-0.05, 0) is 11.6 Å². The molecule has 1 N–H and O–H groups in total. The van der Waals surface area contributed by atoms with Gasteiger partial charge in [-0.3, -0.25) is 4.79 Å². The zero-order valence-electron chi connectivity index (χ0n) is 9.00. The summed E-state index contributed by atoms with van der Waals surface area (Å²) in [5.74, 6) is -1.55. The van der Waals surface area contributed by atoms with Crippen LogP contribution in [0.15, 0.2) is 6.07 Å². The molecule has 19 heavy (non-hydrogen) atoms. The van der Waals surface area contributed by atoms with Gasteiger partial charge in [0.1, 0.15) is 11.8 Å². The van der Waals surface area contributed by atoms with Gasteiger partial charge in [0, 0.05) is 0 Å². The summed E-state index contributed by atoms with van der Waals surface area (Å²) in [7, 11) is 0. The van der Waals surface area contributed by atoms with Crippen molar-refractivity contribution in [3.8, 4) is 6.07 Å². The summed E-state index contributed by atoms with van der Waals surface area (Å²) in [6, 6.07) is 1.64. The number of hydrogen-bond donors (Lipinski definition) is 1. The highest BCUT2D eigenvalue weighted by molar-refractivity contribution is 5.71. The van der Waals surface area contributed by atoms with E-state index >= 15 is 0 Å². The van der Waals surface area contributed by atoms with Crippen molar-refractivity contribution in [2.75, 3.05) is 0 Å². The Labute approximate surface area is 103 Å². The van der Waals surface area contributed by atoms with Gasteiger partial charge in [-0.25, -0.2) is 13.8 Å². The van der Waals surface area contributed by atoms with E-state index in [1.807, 2.05) is 0 Å². The average molecular weight is 280 g/mol. The molecule has 102 valence electrons. The van der Waals surface area contributed by atoms with Crippen LogP contribution in [0.25, 0.3) is 0 Å². The Kier molecular flexibility index (Phi) is 4.04. The molecule has 0 bridgehead atoms. The summed E-state index contributed by atoms with van der Waals surface area (Å²) < 4.78 is 62.6. The van der Waals surface area contributed by atoms with Crippen LogP contribution in [0.1, 0.15) is 28.9 Å². The van der Waals surface area contributed by atoms with E-state index in [0.29, 0.717) is 6.07 Å². The first-order valence-corrected chi connectivity index (χ1v) is 4.68. The van der Waals surface area contributed by atoms with E-state index in [0.717, 1.165) is 6.07 Å². The number of halogens is 5. The van der Waals surface area contributed by atoms with Gasteiger partial charge >= 0.3 is 12.1 Å². The van der Waals surface area contributed by atoms with Gasteiger partial charge in [0.25, 0.3) is 6.43 Å². The Morgan fingerprint density at radius 2 is 2.05 bits per heavy atom. The molecular formula is C10H5F5N2O2. The molecule has 1 rings (SSSR count). The molecule has 0 amide bonds. The Morgan fingerprint density at radius 1 is 1.47 bits per heavy atom. The molecular weight excluding hydrogens is 275 g/mol. The van der Waals surface area contributed by atoms with Gasteiger partial charge < -0.3 is 5.11 Å². The van der Waals surface area contributed by atoms with Crippen molar-refractivity contribution in [2.24, 2.45) is 0 Å². The Balaban J connectivity index is 3.57. The molecule has 0 aromatic carbocycles. The maximum absolute atomic E-state index is 12.6. The van der Waals surface area contributed by atoms with E-state index in [4.69, 9.17) is 10.4 Å². The topological polar surface area (TPSA) is 74.0 Å². The molecule has 0 aliphatic carbocycles. The second kappa shape index (κ2) is 5.17. The van der Waals surface area contributed by atoms with Crippen LogP contribution in [0, 0.1) is 11.3 Å². The van der Waals surface area contributed by atoms with Crippen LogP contribution in [0.2, 0.25) is 0 Å². The molecule has 0 spiro atoms. The first-order chi connectivity index (χ1) is 8.66. The first kappa shape index (κ1) is 14.8. The van der Waals surface area contributed by atoms with Crippen LogP contribution in [0.5, 0.6) is 0 Å². The van der Waals surface area contributed by atoms with E-state index < -0.39 is 47.5 Å². The minimum Gasteiger partial charge on any atom is -0.481 e. The highest BCUT2D eigenvalue weighted by Crippen LogP contribution is 2.33. The molecule has 0 saturated carbocycles. The fourth-order valence-electron chi connectivity index (χ4n) is 1.36. The van der Waals surface area contributed by atoms with Crippen molar-refractivity contribution in [1.82, 2.24) is 4.98 Å². The Bertz CT molecular complexity index is 548. The monoisotopic (exact) mass is 280 g/mol.